The second-order valence-corrected chi connectivity index (χ2v) is 8.09. The van der Waals surface area contributed by atoms with E-state index in [1.807, 2.05) is 31.2 Å². The van der Waals surface area contributed by atoms with Crippen molar-refractivity contribution in [1.29, 1.82) is 0 Å². The Morgan fingerprint density at radius 2 is 2.06 bits per heavy atom. The summed E-state index contributed by atoms with van der Waals surface area (Å²) in [5.74, 6) is 0.571. The highest BCUT2D eigenvalue weighted by Crippen LogP contribution is 2.31. The second kappa shape index (κ2) is 7.42. The van der Waals surface area contributed by atoms with Gasteiger partial charge < -0.3 is 21.1 Å². The van der Waals surface area contributed by atoms with Crippen LogP contribution in [0, 0.1) is 6.92 Å². The Bertz CT molecular complexity index is 1210. The van der Waals surface area contributed by atoms with Crippen LogP contribution in [-0.2, 0) is 9.53 Å². The summed E-state index contributed by atoms with van der Waals surface area (Å²) in [5.41, 5.74) is 14.4. The lowest BCUT2D eigenvalue weighted by Gasteiger charge is -2.23. The number of nitrogens with zero attached hydrogens (tertiary/aromatic N) is 3. The number of likely N-dealkylation sites (tertiary alicyclic amines) is 1. The van der Waals surface area contributed by atoms with Gasteiger partial charge in [0.1, 0.15) is 17.2 Å². The first-order valence-corrected chi connectivity index (χ1v) is 9.81. The van der Waals surface area contributed by atoms with E-state index in [1.54, 1.807) is 26.2 Å². The number of pyridine rings is 2. The largest absolute Gasteiger partial charge is 0.441 e. The van der Waals surface area contributed by atoms with Gasteiger partial charge in [0.25, 0.3) is 0 Å². The number of nitrogen functional groups attached to an aromatic ring is 2. The number of amides is 2. The monoisotopic (exact) mass is 420 g/mol. The molecular weight excluding hydrogens is 396 g/mol. The van der Waals surface area contributed by atoms with Gasteiger partial charge in [0.2, 0.25) is 5.91 Å². The number of ether oxygens (including phenoxy) is 1. The quantitative estimate of drug-likeness (QED) is 0.554. The number of nitrogens with two attached hydrogens (primary N) is 2. The Hall–Kier alpha value is -3.88. The molecule has 1 aromatic carbocycles. The molecule has 2 aromatic heterocycles. The standard InChI is InChI=1S/C22H24N6O3/c1-12-14(5-4-6-16(12)23)17-7-13-8-18(25-10-15(13)20(24)26-17)27-21(30)31-22(2)9-19(29)28(3)11-22/h4-8,10H,9,11,23H2,1-3H3,(H2,24,26)(H,25,27,30)/t22-/m1/s1. The average Bonchev–Trinajstić information content (AvgIpc) is 2.94. The van der Waals surface area contributed by atoms with E-state index in [2.05, 4.69) is 15.3 Å². The number of hydrogen-bond acceptors (Lipinski definition) is 7. The van der Waals surface area contributed by atoms with Crippen LogP contribution in [0.1, 0.15) is 18.9 Å². The Labute approximate surface area is 179 Å². The molecule has 0 bridgehead atoms. The average molecular weight is 420 g/mol. The minimum absolute atomic E-state index is 0.0634. The summed E-state index contributed by atoms with van der Waals surface area (Å²) in [6.45, 7) is 4.00. The summed E-state index contributed by atoms with van der Waals surface area (Å²) >= 11 is 0. The van der Waals surface area contributed by atoms with E-state index in [4.69, 9.17) is 16.2 Å². The maximum Gasteiger partial charge on any atom is 0.413 e. The van der Waals surface area contributed by atoms with E-state index in [-0.39, 0.29) is 12.3 Å². The highest BCUT2D eigenvalue weighted by molar-refractivity contribution is 5.96. The molecule has 2 amide bonds. The fourth-order valence-corrected chi connectivity index (χ4v) is 3.83. The molecule has 31 heavy (non-hydrogen) atoms. The molecule has 5 N–H and O–H groups in total. The van der Waals surface area contributed by atoms with Gasteiger partial charge in [0.05, 0.1) is 18.7 Å². The zero-order valence-corrected chi connectivity index (χ0v) is 17.6. The van der Waals surface area contributed by atoms with Crippen molar-refractivity contribution < 1.29 is 14.3 Å². The number of hydrogen-bond donors (Lipinski definition) is 3. The van der Waals surface area contributed by atoms with E-state index >= 15 is 0 Å². The van der Waals surface area contributed by atoms with Crippen LogP contribution in [0.25, 0.3) is 22.0 Å². The van der Waals surface area contributed by atoms with E-state index < -0.39 is 11.7 Å². The normalized spacial score (nSPS) is 18.4. The SMILES string of the molecule is Cc1c(N)cccc1-c1cc2cc(NC(=O)O[C@]3(C)CC(=O)N(C)C3)ncc2c(N)n1. The number of likely N-dealkylation sites (N-methyl/N-ethyl adjacent to an activating group) is 1. The molecule has 1 aliphatic heterocycles. The summed E-state index contributed by atoms with van der Waals surface area (Å²) in [6.07, 6.45) is 1.02. The van der Waals surface area contributed by atoms with Crippen LogP contribution in [0.15, 0.2) is 36.5 Å². The number of carbonyl (C=O) groups excluding carboxylic acids is 2. The molecule has 0 unspecified atom stereocenters. The van der Waals surface area contributed by atoms with Gasteiger partial charge in [-0.05, 0) is 43.0 Å². The molecule has 160 valence electrons. The van der Waals surface area contributed by atoms with Gasteiger partial charge in [-0.25, -0.2) is 14.8 Å². The van der Waals surface area contributed by atoms with Gasteiger partial charge in [-0.1, -0.05) is 12.1 Å². The lowest BCUT2D eigenvalue weighted by molar-refractivity contribution is -0.126. The third-order valence-corrected chi connectivity index (χ3v) is 5.49. The van der Waals surface area contributed by atoms with Crippen molar-refractivity contribution in [3.63, 3.8) is 0 Å². The van der Waals surface area contributed by atoms with Gasteiger partial charge in [-0.3, -0.25) is 10.1 Å². The summed E-state index contributed by atoms with van der Waals surface area (Å²) in [4.78, 5) is 34.5. The highest BCUT2D eigenvalue weighted by Gasteiger charge is 2.41. The van der Waals surface area contributed by atoms with Crippen molar-refractivity contribution in [2.75, 3.05) is 30.4 Å². The summed E-state index contributed by atoms with van der Waals surface area (Å²) in [6, 6.07) is 9.20. The van der Waals surface area contributed by atoms with Crippen LogP contribution >= 0.6 is 0 Å². The number of aromatic nitrogens is 2. The van der Waals surface area contributed by atoms with Crippen molar-refractivity contribution in [1.82, 2.24) is 14.9 Å². The molecular formula is C22H24N6O3. The first kappa shape index (κ1) is 20.4. The maximum atomic E-state index is 12.4. The van der Waals surface area contributed by atoms with Crippen LogP contribution in [0.4, 0.5) is 22.1 Å². The Balaban J connectivity index is 1.61. The van der Waals surface area contributed by atoms with Crippen molar-refractivity contribution in [2.24, 2.45) is 0 Å². The molecule has 0 aliphatic carbocycles. The molecule has 1 aliphatic rings. The lowest BCUT2D eigenvalue weighted by atomic mass is 10.0. The fraction of sp³-hybridized carbons (Fsp3) is 0.273. The third kappa shape index (κ3) is 3.94. The fourth-order valence-electron chi connectivity index (χ4n) is 3.83. The van der Waals surface area contributed by atoms with Gasteiger partial charge in [0, 0.05) is 29.9 Å². The number of fused-ring (bicyclic) bond motifs is 1. The number of rotatable bonds is 3. The Kier molecular flexibility index (Phi) is 4.88. The minimum atomic E-state index is -0.876. The molecule has 0 spiro atoms. The number of nitrogens with one attached hydrogen (secondary N) is 1. The van der Waals surface area contributed by atoms with E-state index in [0.717, 1.165) is 16.5 Å². The molecule has 1 atom stereocenters. The van der Waals surface area contributed by atoms with Gasteiger partial charge in [-0.2, -0.15) is 0 Å². The van der Waals surface area contributed by atoms with Crippen LogP contribution < -0.4 is 16.8 Å². The first-order chi connectivity index (χ1) is 14.6. The molecule has 9 nitrogen and oxygen atoms in total. The molecule has 0 radical (unpaired) electrons. The van der Waals surface area contributed by atoms with Gasteiger partial charge >= 0.3 is 6.09 Å². The predicted molar refractivity (Wildman–Crippen MR) is 119 cm³/mol. The zero-order valence-electron chi connectivity index (χ0n) is 17.6. The van der Waals surface area contributed by atoms with E-state index in [0.29, 0.717) is 34.9 Å². The van der Waals surface area contributed by atoms with E-state index in [1.165, 1.54) is 4.90 Å². The molecule has 1 fully saturated rings. The van der Waals surface area contributed by atoms with Crippen molar-refractivity contribution >= 4 is 40.1 Å². The van der Waals surface area contributed by atoms with Crippen LogP contribution in [0.2, 0.25) is 0 Å². The molecule has 3 aromatic rings. The molecule has 4 rings (SSSR count). The van der Waals surface area contributed by atoms with Crippen molar-refractivity contribution in [2.45, 2.75) is 25.9 Å². The Morgan fingerprint density at radius 3 is 2.77 bits per heavy atom. The van der Waals surface area contributed by atoms with Crippen molar-refractivity contribution in [3.05, 3.63) is 42.1 Å². The molecule has 9 heteroatoms. The van der Waals surface area contributed by atoms with E-state index in [9.17, 15) is 9.59 Å². The smallest absolute Gasteiger partial charge is 0.413 e. The molecule has 0 saturated carbocycles. The maximum absolute atomic E-state index is 12.4. The van der Waals surface area contributed by atoms with Crippen LogP contribution in [-0.4, -0.2) is 46.1 Å². The molecule has 3 heterocycles. The number of benzene rings is 1. The summed E-state index contributed by atoms with van der Waals surface area (Å²) in [7, 11) is 1.68. The zero-order chi connectivity index (χ0) is 22.3. The first-order valence-electron chi connectivity index (χ1n) is 9.81. The van der Waals surface area contributed by atoms with Gasteiger partial charge in [0.15, 0.2) is 0 Å². The lowest BCUT2D eigenvalue weighted by Crippen LogP contribution is -2.36. The van der Waals surface area contributed by atoms with Crippen LogP contribution in [0.3, 0.4) is 0 Å². The third-order valence-electron chi connectivity index (χ3n) is 5.49. The highest BCUT2D eigenvalue weighted by atomic mass is 16.6. The number of anilines is 3. The predicted octanol–water partition coefficient (Wildman–Crippen LogP) is 2.94. The van der Waals surface area contributed by atoms with Crippen LogP contribution in [0.5, 0.6) is 0 Å². The van der Waals surface area contributed by atoms with Gasteiger partial charge in [-0.15, -0.1) is 0 Å². The Morgan fingerprint density at radius 1 is 1.29 bits per heavy atom. The summed E-state index contributed by atoms with van der Waals surface area (Å²) in [5, 5.41) is 4.06. The minimum Gasteiger partial charge on any atom is -0.441 e. The topological polar surface area (TPSA) is 136 Å². The summed E-state index contributed by atoms with van der Waals surface area (Å²) < 4.78 is 5.50. The van der Waals surface area contributed by atoms with Crippen molar-refractivity contribution in [3.8, 4) is 11.3 Å². The number of carbonyl (C=O) groups is 2. The second-order valence-electron chi connectivity index (χ2n) is 8.09. The molecule has 1 saturated heterocycles.